The number of nitrogens with one attached hydrogen (secondary N) is 1. The number of H-pyrrole nitrogens is 1. The number of ether oxygens (including phenoxy) is 1. The maximum atomic E-state index is 13.2. The number of amides is 1. The summed E-state index contributed by atoms with van der Waals surface area (Å²) in [5.41, 5.74) is 4.31. The maximum absolute atomic E-state index is 13.2. The van der Waals surface area contributed by atoms with Crippen LogP contribution in [0.3, 0.4) is 0 Å². The van der Waals surface area contributed by atoms with Crippen molar-refractivity contribution in [3.8, 4) is 5.75 Å². The minimum absolute atomic E-state index is 0.0331. The number of methoxy groups -OCH3 is 1. The highest BCUT2D eigenvalue weighted by Gasteiger charge is 2.50. The van der Waals surface area contributed by atoms with E-state index in [4.69, 9.17) is 17.0 Å². The number of hydrogen-bond acceptors (Lipinski definition) is 3. The second-order valence-corrected chi connectivity index (χ2v) is 7.72. The molecule has 1 amide bonds. The Bertz CT molecular complexity index is 1150. The summed E-state index contributed by atoms with van der Waals surface area (Å²) in [5.74, 6) is 0.811. The topological polar surface area (TPSA) is 48.6 Å². The zero-order valence-electron chi connectivity index (χ0n) is 16.1. The van der Waals surface area contributed by atoms with E-state index in [1.54, 1.807) is 18.1 Å². The van der Waals surface area contributed by atoms with Crippen LogP contribution in [0.4, 0.5) is 0 Å². The van der Waals surface area contributed by atoms with Crippen LogP contribution in [0.2, 0.25) is 0 Å². The van der Waals surface area contributed by atoms with Crippen LogP contribution in [0.1, 0.15) is 22.9 Å². The lowest BCUT2D eigenvalue weighted by molar-refractivity contribution is -0.128. The fourth-order valence-corrected chi connectivity index (χ4v) is 5.04. The van der Waals surface area contributed by atoms with E-state index in [0.29, 0.717) is 18.1 Å². The number of carbonyl (C=O) groups excluding carboxylic acids is 1. The fraction of sp³-hybridized carbons (Fsp3) is 0.217. The Kier molecular flexibility index (Phi) is 4.17. The first-order valence-corrected chi connectivity index (χ1v) is 10.0. The quantitative estimate of drug-likeness (QED) is 0.532. The van der Waals surface area contributed by atoms with Gasteiger partial charge in [0.1, 0.15) is 17.8 Å². The van der Waals surface area contributed by atoms with Crippen LogP contribution in [-0.4, -0.2) is 45.5 Å². The van der Waals surface area contributed by atoms with E-state index in [2.05, 4.69) is 28.6 Å². The summed E-state index contributed by atoms with van der Waals surface area (Å²) in [4.78, 5) is 20.6. The first kappa shape index (κ1) is 17.9. The van der Waals surface area contributed by atoms with E-state index in [-0.39, 0.29) is 18.0 Å². The fourth-order valence-electron chi connectivity index (χ4n) is 4.64. The summed E-state index contributed by atoms with van der Waals surface area (Å²) in [6, 6.07) is 15.6. The van der Waals surface area contributed by atoms with Gasteiger partial charge in [-0.25, -0.2) is 0 Å². The number of para-hydroxylation sites is 2. The van der Waals surface area contributed by atoms with Crippen molar-refractivity contribution in [2.24, 2.45) is 0 Å². The molecule has 5 rings (SSSR count). The number of thiocarbonyl (C=S) groups is 1. The molecule has 0 bridgehead atoms. The highest BCUT2D eigenvalue weighted by molar-refractivity contribution is 7.80. The Hall–Kier alpha value is -3.12. The Morgan fingerprint density at radius 1 is 1.24 bits per heavy atom. The van der Waals surface area contributed by atoms with Gasteiger partial charge < -0.3 is 14.6 Å². The molecule has 5 nitrogen and oxygen atoms in total. The van der Waals surface area contributed by atoms with Gasteiger partial charge in [0.25, 0.3) is 5.91 Å². The molecule has 0 radical (unpaired) electrons. The molecule has 1 N–H and O–H groups in total. The van der Waals surface area contributed by atoms with Crippen LogP contribution < -0.4 is 4.74 Å². The zero-order chi connectivity index (χ0) is 20.1. The lowest BCUT2D eigenvalue weighted by Crippen LogP contribution is -2.44. The third-order valence-electron chi connectivity index (χ3n) is 5.88. The van der Waals surface area contributed by atoms with Crippen molar-refractivity contribution >= 4 is 34.1 Å². The molecule has 0 aliphatic carbocycles. The SMILES string of the molecule is C=CCN1C(=O)C2Cc3c([nH]c4ccccc34)C(c3ccccc3OC)N2C1=S. The highest BCUT2D eigenvalue weighted by Crippen LogP contribution is 2.46. The summed E-state index contributed by atoms with van der Waals surface area (Å²) in [5, 5.41) is 1.70. The second-order valence-electron chi connectivity index (χ2n) is 7.35. The number of rotatable bonds is 4. The molecule has 2 unspecified atom stereocenters. The first-order valence-electron chi connectivity index (χ1n) is 9.62. The number of fused-ring (bicyclic) bond motifs is 4. The smallest absolute Gasteiger partial charge is 0.252 e. The monoisotopic (exact) mass is 403 g/mol. The standard InChI is InChI=1S/C23H21N3O2S/c1-3-12-25-22(27)18-13-16-14-8-4-6-10-17(14)24-20(16)21(26(18)23(25)29)15-9-5-7-11-19(15)28-2/h3-11,18,21,24H,1,12-13H2,2H3. The molecule has 3 aromatic rings. The van der Waals surface area contributed by atoms with Crippen LogP contribution in [0.15, 0.2) is 61.2 Å². The van der Waals surface area contributed by atoms with Crippen LogP contribution in [-0.2, 0) is 11.2 Å². The molecule has 1 aromatic heterocycles. The van der Waals surface area contributed by atoms with Crippen LogP contribution >= 0.6 is 12.2 Å². The number of hydrogen-bond donors (Lipinski definition) is 1. The van der Waals surface area contributed by atoms with Crippen molar-refractivity contribution in [1.29, 1.82) is 0 Å². The van der Waals surface area contributed by atoms with Crippen molar-refractivity contribution in [1.82, 2.24) is 14.8 Å². The Labute approximate surface area is 174 Å². The van der Waals surface area contributed by atoms with E-state index >= 15 is 0 Å². The third-order valence-corrected chi connectivity index (χ3v) is 6.31. The van der Waals surface area contributed by atoms with Gasteiger partial charge >= 0.3 is 0 Å². The minimum atomic E-state index is -0.330. The number of nitrogens with zero attached hydrogens (tertiary/aromatic N) is 2. The number of carbonyl (C=O) groups is 1. The van der Waals surface area contributed by atoms with Gasteiger partial charge in [-0.05, 0) is 29.9 Å². The average molecular weight is 404 g/mol. The largest absolute Gasteiger partial charge is 0.496 e. The Balaban J connectivity index is 1.76. The molecule has 1 fully saturated rings. The minimum Gasteiger partial charge on any atom is -0.496 e. The molecule has 2 aromatic carbocycles. The van der Waals surface area contributed by atoms with Crippen molar-refractivity contribution < 1.29 is 9.53 Å². The van der Waals surface area contributed by atoms with Gasteiger partial charge in [-0.15, -0.1) is 6.58 Å². The van der Waals surface area contributed by atoms with Crippen molar-refractivity contribution in [3.63, 3.8) is 0 Å². The average Bonchev–Trinajstić information content (AvgIpc) is 3.23. The molecule has 6 heteroatoms. The van der Waals surface area contributed by atoms with E-state index in [1.165, 1.54) is 5.56 Å². The van der Waals surface area contributed by atoms with Crippen LogP contribution in [0.5, 0.6) is 5.75 Å². The Morgan fingerprint density at radius 3 is 2.79 bits per heavy atom. The van der Waals surface area contributed by atoms with E-state index in [1.807, 2.05) is 36.4 Å². The third kappa shape index (κ3) is 2.52. The van der Waals surface area contributed by atoms with Crippen LogP contribution in [0.25, 0.3) is 10.9 Å². The van der Waals surface area contributed by atoms with Gasteiger partial charge in [-0.2, -0.15) is 0 Å². The highest BCUT2D eigenvalue weighted by atomic mass is 32.1. The van der Waals surface area contributed by atoms with Gasteiger partial charge in [-0.1, -0.05) is 42.5 Å². The lowest BCUT2D eigenvalue weighted by Gasteiger charge is -2.37. The Morgan fingerprint density at radius 2 is 2.00 bits per heavy atom. The molecule has 2 atom stereocenters. The molecule has 0 saturated carbocycles. The molecule has 1 saturated heterocycles. The van der Waals surface area contributed by atoms with Crippen molar-refractivity contribution in [2.45, 2.75) is 18.5 Å². The molecule has 0 spiro atoms. The number of aromatic nitrogens is 1. The van der Waals surface area contributed by atoms with Gasteiger partial charge in [0.05, 0.1) is 7.11 Å². The maximum Gasteiger partial charge on any atom is 0.252 e. The van der Waals surface area contributed by atoms with Crippen molar-refractivity contribution in [3.05, 3.63) is 78.0 Å². The lowest BCUT2D eigenvalue weighted by atomic mass is 9.88. The first-order chi connectivity index (χ1) is 14.2. The normalized spacial score (nSPS) is 20.7. The second kappa shape index (κ2) is 6.74. The molecule has 3 heterocycles. The number of aromatic amines is 1. The predicted molar refractivity (Wildman–Crippen MR) is 117 cm³/mol. The molecule has 2 aliphatic rings. The summed E-state index contributed by atoms with van der Waals surface area (Å²) in [6.07, 6.45) is 2.34. The summed E-state index contributed by atoms with van der Waals surface area (Å²) >= 11 is 5.78. The molecule has 146 valence electrons. The van der Waals surface area contributed by atoms with Gasteiger partial charge in [0.2, 0.25) is 0 Å². The summed E-state index contributed by atoms with van der Waals surface area (Å²) in [6.45, 7) is 4.20. The van der Waals surface area contributed by atoms with Gasteiger partial charge in [0.15, 0.2) is 5.11 Å². The molecule has 29 heavy (non-hydrogen) atoms. The van der Waals surface area contributed by atoms with Gasteiger partial charge in [-0.3, -0.25) is 9.69 Å². The van der Waals surface area contributed by atoms with E-state index < -0.39 is 0 Å². The van der Waals surface area contributed by atoms with Crippen molar-refractivity contribution in [2.75, 3.05) is 13.7 Å². The zero-order valence-corrected chi connectivity index (χ0v) is 16.9. The van der Waals surface area contributed by atoms with E-state index in [0.717, 1.165) is 27.9 Å². The number of benzene rings is 2. The summed E-state index contributed by atoms with van der Waals surface area (Å²) < 4.78 is 5.67. The molecular formula is C23H21N3O2S. The summed E-state index contributed by atoms with van der Waals surface area (Å²) in [7, 11) is 1.67. The molecule has 2 aliphatic heterocycles. The van der Waals surface area contributed by atoms with E-state index in [9.17, 15) is 4.79 Å². The predicted octanol–water partition coefficient (Wildman–Crippen LogP) is 3.81. The van der Waals surface area contributed by atoms with Crippen LogP contribution in [0, 0.1) is 0 Å². The molecular weight excluding hydrogens is 382 g/mol. The van der Waals surface area contributed by atoms with Gasteiger partial charge in [0, 0.05) is 35.1 Å².